The molecule has 1 aliphatic rings. The average molecular weight is 354 g/mol. The van der Waals surface area contributed by atoms with Crippen LogP contribution < -0.4 is 10.1 Å². The average Bonchev–Trinajstić information content (AvgIpc) is 2.73. The quantitative estimate of drug-likeness (QED) is 0.688. The Hall–Kier alpha value is -3.65. The van der Waals surface area contributed by atoms with Crippen molar-refractivity contribution in [1.82, 2.24) is 4.98 Å². The van der Waals surface area contributed by atoms with E-state index in [-0.39, 0.29) is 0 Å². The smallest absolute Gasteiger partial charge is 0.150 e. The van der Waals surface area contributed by atoms with E-state index < -0.39 is 0 Å². The van der Waals surface area contributed by atoms with E-state index in [0.29, 0.717) is 17.1 Å². The number of benzene rings is 2. The fourth-order valence-electron chi connectivity index (χ4n) is 3.28. The van der Waals surface area contributed by atoms with Gasteiger partial charge in [-0.05, 0) is 30.0 Å². The highest BCUT2D eigenvalue weighted by Gasteiger charge is 2.21. The van der Waals surface area contributed by atoms with Gasteiger partial charge in [0.2, 0.25) is 0 Å². The predicted octanol–water partition coefficient (Wildman–Crippen LogP) is 4.76. The number of aromatic nitrogens is 1. The molecule has 0 fully saturated rings. The highest BCUT2D eigenvalue weighted by Crippen LogP contribution is 2.33. The largest absolute Gasteiger partial charge is 0.497 e. The van der Waals surface area contributed by atoms with Crippen LogP contribution in [0.25, 0.3) is 16.3 Å². The summed E-state index contributed by atoms with van der Waals surface area (Å²) >= 11 is 0. The number of rotatable bonds is 3. The highest BCUT2D eigenvalue weighted by molar-refractivity contribution is 6.09. The number of anilines is 1. The van der Waals surface area contributed by atoms with Gasteiger partial charge in [0.15, 0.2) is 5.82 Å². The third kappa shape index (κ3) is 2.91. The molecule has 0 radical (unpaired) electrons. The molecule has 27 heavy (non-hydrogen) atoms. The van der Waals surface area contributed by atoms with Crippen molar-refractivity contribution in [2.75, 3.05) is 12.4 Å². The SMILES string of the molecule is CCC1=N/C(=C(\C#N)c2nccc3ccccc23)Nc2cc(OC)ccc21. The molecule has 0 unspecified atom stereocenters. The molecule has 5 nitrogen and oxygen atoms in total. The van der Waals surface area contributed by atoms with Gasteiger partial charge in [0, 0.05) is 23.2 Å². The molecule has 2 aromatic carbocycles. The number of fused-ring (bicyclic) bond motifs is 2. The summed E-state index contributed by atoms with van der Waals surface area (Å²) in [6, 6.07) is 18.0. The van der Waals surface area contributed by atoms with Crippen molar-refractivity contribution in [1.29, 1.82) is 5.26 Å². The molecule has 0 saturated heterocycles. The van der Waals surface area contributed by atoms with E-state index in [1.165, 1.54) is 0 Å². The standard InChI is InChI=1S/C22H18N4O/c1-3-19-17-9-8-15(27-2)12-20(17)26-22(25-19)18(13-23)21-16-7-5-4-6-14(16)10-11-24-21/h4-12,26H,3H2,1-2H3/b22-18-. The zero-order chi connectivity index (χ0) is 18.8. The van der Waals surface area contributed by atoms with Gasteiger partial charge in [-0.15, -0.1) is 0 Å². The van der Waals surface area contributed by atoms with Gasteiger partial charge in [0.25, 0.3) is 0 Å². The van der Waals surface area contributed by atoms with Crippen molar-refractivity contribution in [3.63, 3.8) is 0 Å². The summed E-state index contributed by atoms with van der Waals surface area (Å²) in [5.74, 6) is 1.26. The fourth-order valence-corrected chi connectivity index (χ4v) is 3.28. The molecule has 1 N–H and O–H groups in total. The Morgan fingerprint density at radius 2 is 2.04 bits per heavy atom. The van der Waals surface area contributed by atoms with Crippen molar-refractivity contribution in [2.24, 2.45) is 4.99 Å². The lowest BCUT2D eigenvalue weighted by molar-refractivity contribution is 0.415. The summed E-state index contributed by atoms with van der Waals surface area (Å²) in [5.41, 5.74) is 3.87. The van der Waals surface area contributed by atoms with Gasteiger partial charge >= 0.3 is 0 Å². The number of aliphatic imine (C=N–C) groups is 1. The van der Waals surface area contributed by atoms with E-state index in [2.05, 4.69) is 23.3 Å². The minimum absolute atomic E-state index is 0.422. The number of hydrogen-bond donors (Lipinski definition) is 1. The molecule has 0 amide bonds. The van der Waals surface area contributed by atoms with Crippen LogP contribution >= 0.6 is 0 Å². The monoisotopic (exact) mass is 354 g/mol. The van der Waals surface area contributed by atoms with Gasteiger partial charge in [-0.3, -0.25) is 4.98 Å². The van der Waals surface area contributed by atoms with Gasteiger partial charge in [0.05, 0.1) is 24.2 Å². The number of allylic oxidation sites excluding steroid dienone is 1. The number of hydrogen-bond acceptors (Lipinski definition) is 5. The van der Waals surface area contributed by atoms with Crippen LogP contribution in [0, 0.1) is 11.3 Å². The fraction of sp³-hybridized carbons (Fsp3) is 0.136. The summed E-state index contributed by atoms with van der Waals surface area (Å²) in [7, 11) is 1.64. The Morgan fingerprint density at radius 3 is 2.81 bits per heavy atom. The van der Waals surface area contributed by atoms with Crippen LogP contribution in [0.1, 0.15) is 24.6 Å². The third-order valence-corrected chi connectivity index (χ3v) is 4.63. The first kappa shape index (κ1) is 16.8. The molecule has 3 aromatic rings. The van der Waals surface area contributed by atoms with Gasteiger partial charge in [-0.1, -0.05) is 31.2 Å². The van der Waals surface area contributed by atoms with Gasteiger partial charge in [-0.2, -0.15) is 5.26 Å². The van der Waals surface area contributed by atoms with Crippen molar-refractivity contribution < 1.29 is 4.74 Å². The van der Waals surface area contributed by atoms with Gasteiger partial charge in [0.1, 0.15) is 17.4 Å². The van der Waals surface area contributed by atoms with Crippen LogP contribution in [0.5, 0.6) is 5.75 Å². The van der Waals surface area contributed by atoms with E-state index in [0.717, 1.165) is 39.9 Å². The Labute approximate surface area is 157 Å². The Kier molecular flexibility index (Phi) is 4.31. The summed E-state index contributed by atoms with van der Waals surface area (Å²) in [4.78, 5) is 9.21. The summed E-state index contributed by atoms with van der Waals surface area (Å²) in [5, 5.41) is 15.2. The van der Waals surface area contributed by atoms with Crippen molar-refractivity contribution >= 4 is 27.7 Å². The lowest BCUT2D eigenvalue weighted by atomic mass is 10.0. The molecule has 132 valence electrons. The first-order chi connectivity index (χ1) is 13.2. The second-order valence-corrected chi connectivity index (χ2v) is 6.16. The van der Waals surface area contributed by atoms with E-state index in [4.69, 9.17) is 9.73 Å². The molecule has 5 heteroatoms. The molecule has 0 saturated carbocycles. The van der Waals surface area contributed by atoms with Crippen LogP contribution in [0.15, 0.2) is 65.5 Å². The summed E-state index contributed by atoms with van der Waals surface area (Å²) in [6.07, 6.45) is 2.48. The molecule has 0 aliphatic carbocycles. The van der Waals surface area contributed by atoms with Crippen LogP contribution in [0.2, 0.25) is 0 Å². The highest BCUT2D eigenvalue weighted by atomic mass is 16.5. The molecular formula is C22H18N4O. The zero-order valence-corrected chi connectivity index (χ0v) is 15.2. The predicted molar refractivity (Wildman–Crippen MR) is 108 cm³/mol. The number of nitriles is 1. The zero-order valence-electron chi connectivity index (χ0n) is 15.2. The van der Waals surface area contributed by atoms with Crippen LogP contribution in [0.4, 0.5) is 5.69 Å². The molecule has 1 aliphatic heterocycles. The normalized spacial score (nSPS) is 14.6. The molecule has 0 atom stereocenters. The number of nitrogens with zero attached hydrogens (tertiary/aromatic N) is 3. The number of ether oxygens (including phenoxy) is 1. The van der Waals surface area contributed by atoms with Crippen LogP contribution in [-0.4, -0.2) is 17.8 Å². The molecular weight excluding hydrogens is 336 g/mol. The molecule has 2 heterocycles. The first-order valence-corrected chi connectivity index (χ1v) is 8.76. The van der Waals surface area contributed by atoms with Gasteiger partial charge < -0.3 is 10.1 Å². The van der Waals surface area contributed by atoms with Crippen molar-refractivity contribution in [3.05, 3.63) is 71.8 Å². The second kappa shape index (κ2) is 6.93. The molecule has 0 spiro atoms. The van der Waals surface area contributed by atoms with Crippen molar-refractivity contribution in [2.45, 2.75) is 13.3 Å². The molecule has 0 bridgehead atoms. The summed E-state index contributed by atoms with van der Waals surface area (Å²) in [6.45, 7) is 2.05. The van der Waals surface area contributed by atoms with Crippen LogP contribution in [-0.2, 0) is 0 Å². The minimum Gasteiger partial charge on any atom is -0.497 e. The first-order valence-electron chi connectivity index (χ1n) is 8.76. The summed E-state index contributed by atoms with van der Waals surface area (Å²) < 4.78 is 5.34. The number of nitrogens with one attached hydrogen (secondary N) is 1. The van der Waals surface area contributed by atoms with E-state index in [9.17, 15) is 5.26 Å². The maximum Gasteiger partial charge on any atom is 0.150 e. The third-order valence-electron chi connectivity index (χ3n) is 4.63. The minimum atomic E-state index is 0.422. The Bertz CT molecular complexity index is 1130. The number of methoxy groups -OCH3 is 1. The Morgan fingerprint density at radius 1 is 1.19 bits per heavy atom. The van der Waals surface area contributed by atoms with Gasteiger partial charge in [-0.25, -0.2) is 4.99 Å². The number of pyridine rings is 1. The maximum atomic E-state index is 9.92. The Balaban J connectivity index is 1.93. The maximum absolute atomic E-state index is 9.92. The molecule has 4 rings (SSSR count). The lowest BCUT2D eigenvalue weighted by Gasteiger charge is -2.21. The van der Waals surface area contributed by atoms with Crippen LogP contribution in [0.3, 0.4) is 0 Å². The van der Waals surface area contributed by atoms with E-state index in [1.807, 2.05) is 48.5 Å². The lowest BCUT2D eigenvalue weighted by Crippen LogP contribution is -2.15. The second-order valence-electron chi connectivity index (χ2n) is 6.16. The molecule has 1 aromatic heterocycles. The van der Waals surface area contributed by atoms with Crippen molar-refractivity contribution in [3.8, 4) is 11.8 Å². The van der Waals surface area contributed by atoms with E-state index in [1.54, 1.807) is 13.3 Å². The topological polar surface area (TPSA) is 70.3 Å². The van der Waals surface area contributed by atoms with E-state index >= 15 is 0 Å².